The molecule has 12 nitrogen and oxygen atoms in total. The van der Waals surface area contributed by atoms with E-state index in [0.717, 1.165) is 11.3 Å². The monoisotopic (exact) mass is 546 g/mol. The number of nitrogens with zero attached hydrogens (tertiary/aromatic N) is 4. The van der Waals surface area contributed by atoms with Crippen molar-refractivity contribution in [2.75, 3.05) is 11.5 Å². The summed E-state index contributed by atoms with van der Waals surface area (Å²) in [6.07, 6.45) is 3.33. The number of carboxylic acid groups (broad SMARTS) is 2. The van der Waals surface area contributed by atoms with Crippen molar-refractivity contribution < 1.29 is 38.8 Å². The van der Waals surface area contributed by atoms with Crippen molar-refractivity contribution in [1.82, 2.24) is 9.88 Å². The molecule has 2 aromatic heterocycles. The maximum atomic E-state index is 13.2. The van der Waals surface area contributed by atoms with Gasteiger partial charge < -0.3 is 20.8 Å². The van der Waals surface area contributed by atoms with Crippen LogP contribution in [0.3, 0.4) is 0 Å². The second kappa shape index (κ2) is 10.3. The number of hydrogen-bond acceptors (Lipinski definition) is 10. The number of hydrogen-bond donors (Lipinski definition) is 3. The number of thiazole rings is 1. The van der Waals surface area contributed by atoms with Crippen LogP contribution in [0.5, 0.6) is 0 Å². The average molecular weight is 547 g/mol. The Bertz CT molecular complexity index is 1320. The van der Waals surface area contributed by atoms with Gasteiger partial charge in [0, 0.05) is 35.3 Å². The van der Waals surface area contributed by atoms with Crippen LogP contribution < -0.4 is 10.3 Å². The van der Waals surface area contributed by atoms with E-state index in [4.69, 9.17) is 10.6 Å². The Labute approximate surface area is 219 Å². The number of rotatable bonds is 10. The fraction of sp³-hybridized carbons (Fsp3) is 0.348. The van der Waals surface area contributed by atoms with Crippen LogP contribution in [-0.2, 0) is 30.6 Å². The number of β-lactam (4-membered cyclic amide) rings is 1. The minimum atomic E-state index is -1.72. The summed E-state index contributed by atoms with van der Waals surface area (Å²) in [5.74, 6) is -3.99. The molecule has 194 valence electrons. The molecule has 1 saturated heterocycles. The Kier molecular flexibility index (Phi) is 7.32. The van der Waals surface area contributed by atoms with Crippen molar-refractivity contribution in [3.05, 3.63) is 52.9 Å². The Morgan fingerprint density at radius 3 is 2.57 bits per heavy atom. The number of amides is 1. The van der Waals surface area contributed by atoms with Gasteiger partial charge in [0.15, 0.2) is 35.6 Å². The predicted molar refractivity (Wildman–Crippen MR) is 133 cm³/mol. The SMILES string of the molecule is CC(C)(O/N=C(\C(=O)C[C@@H]1C(=O)N2C(C(=O)O)=C(C[n+]3ccccc3)CS[C@H]12)c1csc(N)n1)C(=O)O. The molecule has 0 spiro atoms. The van der Waals surface area contributed by atoms with Crippen LogP contribution >= 0.6 is 23.1 Å². The summed E-state index contributed by atoms with van der Waals surface area (Å²) < 4.78 is 1.82. The first-order chi connectivity index (χ1) is 17.5. The van der Waals surface area contributed by atoms with Crippen molar-refractivity contribution in [3.8, 4) is 0 Å². The summed E-state index contributed by atoms with van der Waals surface area (Å²) >= 11 is 2.45. The van der Waals surface area contributed by atoms with Crippen LogP contribution in [0.4, 0.5) is 5.13 Å². The summed E-state index contributed by atoms with van der Waals surface area (Å²) in [5, 5.41) is 24.1. The van der Waals surface area contributed by atoms with Gasteiger partial charge in [0.2, 0.25) is 11.5 Å². The average Bonchev–Trinajstić information content (AvgIpc) is 3.28. The second-order valence-electron chi connectivity index (χ2n) is 8.87. The number of aromatic nitrogens is 2. The number of anilines is 1. The Morgan fingerprint density at radius 1 is 1.27 bits per heavy atom. The number of carbonyl (C=O) groups is 4. The van der Waals surface area contributed by atoms with E-state index in [1.165, 1.54) is 35.9 Å². The smallest absolute Gasteiger partial charge is 0.352 e. The summed E-state index contributed by atoms with van der Waals surface area (Å²) in [7, 11) is 0. The lowest BCUT2D eigenvalue weighted by Crippen LogP contribution is -2.62. The molecule has 0 bridgehead atoms. The van der Waals surface area contributed by atoms with E-state index in [1.807, 2.05) is 35.2 Å². The zero-order valence-electron chi connectivity index (χ0n) is 19.9. The van der Waals surface area contributed by atoms with E-state index < -0.39 is 40.5 Å². The van der Waals surface area contributed by atoms with Gasteiger partial charge in [0.05, 0.1) is 11.3 Å². The minimum Gasteiger partial charge on any atom is -0.478 e. The van der Waals surface area contributed by atoms with Gasteiger partial charge in [0.1, 0.15) is 11.4 Å². The minimum absolute atomic E-state index is 0.0680. The molecule has 2 aromatic rings. The van der Waals surface area contributed by atoms with Crippen LogP contribution in [0, 0.1) is 5.92 Å². The van der Waals surface area contributed by atoms with Gasteiger partial charge in [-0.1, -0.05) is 11.2 Å². The van der Waals surface area contributed by atoms with Gasteiger partial charge >= 0.3 is 11.9 Å². The van der Waals surface area contributed by atoms with E-state index in [0.29, 0.717) is 17.9 Å². The van der Waals surface area contributed by atoms with E-state index in [2.05, 4.69) is 10.1 Å². The molecule has 2 aliphatic heterocycles. The van der Waals surface area contributed by atoms with Gasteiger partial charge in [0.25, 0.3) is 0 Å². The molecule has 4 N–H and O–H groups in total. The molecule has 1 fully saturated rings. The van der Waals surface area contributed by atoms with Gasteiger partial charge in [-0.05, 0) is 13.8 Å². The molecule has 14 heteroatoms. The van der Waals surface area contributed by atoms with E-state index >= 15 is 0 Å². The van der Waals surface area contributed by atoms with Gasteiger partial charge in [-0.25, -0.2) is 19.1 Å². The van der Waals surface area contributed by atoms with Crippen molar-refractivity contribution in [2.45, 2.75) is 37.8 Å². The number of nitrogen functional groups attached to an aromatic ring is 1. The van der Waals surface area contributed by atoms with Gasteiger partial charge in [-0.2, -0.15) is 0 Å². The third-order valence-electron chi connectivity index (χ3n) is 5.82. The van der Waals surface area contributed by atoms with Gasteiger partial charge in [-0.15, -0.1) is 23.1 Å². The quantitative estimate of drug-likeness (QED) is 0.169. The van der Waals surface area contributed by atoms with E-state index in [1.54, 1.807) is 0 Å². The second-order valence-corrected chi connectivity index (χ2v) is 10.9. The first-order valence-electron chi connectivity index (χ1n) is 11.1. The van der Waals surface area contributed by atoms with Crippen molar-refractivity contribution >= 4 is 57.6 Å². The molecule has 2 atom stereocenters. The normalized spacial score (nSPS) is 19.8. The number of nitrogens with two attached hydrogens (primary N) is 1. The predicted octanol–water partition coefficient (Wildman–Crippen LogP) is 1.13. The number of thioether (sulfide) groups is 1. The number of Topliss-reactive ketones (excluding diaryl/α,β-unsaturated/α-hetero) is 1. The van der Waals surface area contributed by atoms with Crippen LogP contribution in [0.1, 0.15) is 26.0 Å². The summed E-state index contributed by atoms with van der Waals surface area (Å²) in [4.78, 5) is 60.2. The van der Waals surface area contributed by atoms with Crippen LogP contribution in [-0.4, -0.2) is 66.2 Å². The molecule has 0 aromatic carbocycles. The largest absolute Gasteiger partial charge is 0.478 e. The number of aliphatic carboxylic acids is 2. The third-order valence-corrected chi connectivity index (χ3v) is 7.89. The highest BCUT2D eigenvalue weighted by molar-refractivity contribution is 8.00. The standard InChI is InChI=1S/C23H23N5O7S2/c1-23(2,21(33)34)35-26-16(14-11-37-22(24)25-14)15(29)8-13-18(30)28-17(20(31)32)12(10-36-19(13)28)9-27-6-4-3-5-7-27/h3-7,11,13,19H,8-10H2,1-2H3,(H3-,24,25,31,32,33,34)/p+1/b26-16-/t13-,19-/m1/s1. The lowest BCUT2D eigenvalue weighted by molar-refractivity contribution is -0.689. The summed E-state index contributed by atoms with van der Waals surface area (Å²) in [6, 6.07) is 5.50. The highest BCUT2D eigenvalue weighted by Gasteiger charge is 2.54. The first kappa shape index (κ1) is 26.3. The zero-order chi connectivity index (χ0) is 26.9. The van der Waals surface area contributed by atoms with Crippen LogP contribution in [0.2, 0.25) is 0 Å². The van der Waals surface area contributed by atoms with Crippen LogP contribution in [0.25, 0.3) is 0 Å². The molecule has 0 saturated carbocycles. The fourth-order valence-corrected chi connectivity index (χ4v) is 5.78. The summed E-state index contributed by atoms with van der Waals surface area (Å²) in [6.45, 7) is 2.86. The van der Waals surface area contributed by atoms with Crippen LogP contribution in [0.15, 0.2) is 52.4 Å². The number of fused-ring (bicyclic) bond motifs is 1. The lowest BCUT2D eigenvalue weighted by atomic mass is 9.89. The summed E-state index contributed by atoms with van der Waals surface area (Å²) in [5.41, 5.74) is 4.33. The molecule has 0 unspecified atom stereocenters. The van der Waals surface area contributed by atoms with E-state index in [-0.39, 0.29) is 28.7 Å². The highest BCUT2D eigenvalue weighted by atomic mass is 32.2. The molecule has 37 heavy (non-hydrogen) atoms. The number of carboxylic acids is 2. The number of ketones is 1. The zero-order valence-corrected chi connectivity index (χ0v) is 21.5. The number of pyridine rings is 1. The number of oxime groups is 1. The first-order valence-corrected chi connectivity index (χ1v) is 13.0. The molecule has 2 aliphatic rings. The topological polar surface area (TPSA) is 176 Å². The van der Waals surface area contributed by atoms with Crippen molar-refractivity contribution in [1.29, 1.82) is 0 Å². The molecule has 0 radical (unpaired) electrons. The third kappa shape index (κ3) is 5.34. The Balaban J connectivity index is 1.55. The van der Waals surface area contributed by atoms with Crippen molar-refractivity contribution in [2.24, 2.45) is 11.1 Å². The maximum absolute atomic E-state index is 13.2. The highest BCUT2D eigenvalue weighted by Crippen LogP contribution is 2.45. The molecule has 4 heterocycles. The molecule has 1 amide bonds. The number of carbonyl (C=O) groups excluding carboxylic acids is 2. The molecule has 4 rings (SSSR count). The molecular weight excluding hydrogens is 522 g/mol. The van der Waals surface area contributed by atoms with E-state index in [9.17, 15) is 29.4 Å². The molecular formula is C23H24N5O7S2+. The fourth-order valence-electron chi connectivity index (χ4n) is 3.83. The Hall–Kier alpha value is -3.78. The van der Waals surface area contributed by atoms with Crippen molar-refractivity contribution in [3.63, 3.8) is 0 Å². The lowest BCUT2D eigenvalue weighted by Gasteiger charge is -2.49. The van der Waals surface area contributed by atoms with Gasteiger partial charge in [-0.3, -0.25) is 14.5 Å². The Morgan fingerprint density at radius 2 is 1.97 bits per heavy atom. The maximum Gasteiger partial charge on any atom is 0.352 e. The molecule has 0 aliphatic carbocycles.